The Bertz CT molecular complexity index is 729. The molecule has 0 atom stereocenters. The molecule has 0 saturated heterocycles. The molecule has 0 amide bonds. The van der Waals surface area contributed by atoms with Gasteiger partial charge in [0.15, 0.2) is 0 Å². The molecule has 0 bridgehead atoms. The third-order valence-corrected chi connectivity index (χ3v) is 5.10. The molecule has 1 aromatic carbocycles. The van der Waals surface area contributed by atoms with Crippen LogP contribution >= 0.6 is 11.3 Å². The Morgan fingerprint density at radius 2 is 1.81 bits per heavy atom. The predicted molar refractivity (Wildman–Crippen MR) is 104 cm³/mol. The minimum atomic E-state index is -0.330. The second-order valence-electron chi connectivity index (χ2n) is 7.31. The summed E-state index contributed by atoms with van der Waals surface area (Å²) in [5, 5.41) is 31.1. The molecule has 0 aliphatic rings. The van der Waals surface area contributed by atoms with Crippen molar-refractivity contribution in [3.8, 4) is 5.75 Å². The lowest BCUT2D eigenvalue weighted by molar-refractivity contribution is 0.104. The maximum absolute atomic E-state index is 12.8. The maximum atomic E-state index is 12.8. The third kappa shape index (κ3) is 4.92. The zero-order valence-corrected chi connectivity index (χ0v) is 16.3. The van der Waals surface area contributed by atoms with Crippen LogP contribution in [0.3, 0.4) is 0 Å². The Morgan fingerprint density at radius 1 is 1.15 bits per heavy atom. The van der Waals surface area contributed by atoms with Crippen LogP contribution in [0.25, 0.3) is 0 Å². The number of hydrogen-bond donors (Lipinski definition) is 3. The van der Waals surface area contributed by atoms with E-state index in [-0.39, 0.29) is 30.2 Å². The van der Waals surface area contributed by atoms with Crippen LogP contribution < -0.4 is 0 Å². The number of aromatic hydroxyl groups is 1. The summed E-state index contributed by atoms with van der Waals surface area (Å²) >= 11 is 1.39. The first kappa shape index (κ1) is 20.6. The monoisotopic (exact) mass is 377 g/mol. The average molecular weight is 378 g/mol. The molecule has 142 valence electrons. The highest BCUT2D eigenvalue weighted by Crippen LogP contribution is 2.36. The molecule has 3 N–H and O–H groups in total. The second-order valence-corrected chi connectivity index (χ2v) is 8.26. The lowest BCUT2D eigenvalue weighted by atomic mass is 9.83. The molecule has 2 aromatic rings. The molecule has 0 aliphatic carbocycles. The Labute approximate surface area is 158 Å². The van der Waals surface area contributed by atoms with Crippen LogP contribution in [0.1, 0.15) is 47.1 Å². The Hall–Kier alpha value is -1.73. The van der Waals surface area contributed by atoms with Gasteiger partial charge in [-0.25, -0.2) is 0 Å². The molecule has 0 fully saturated rings. The van der Waals surface area contributed by atoms with Crippen molar-refractivity contribution in [1.82, 2.24) is 4.90 Å². The summed E-state index contributed by atoms with van der Waals surface area (Å²) in [5.41, 5.74) is 1.55. The molecule has 0 aliphatic heterocycles. The molecule has 0 unspecified atom stereocenters. The van der Waals surface area contributed by atoms with Crippen LogP contribution in [-0.2, 0) is 12.0 Å². The fourth-order valence-corrected chi connectivity index (χ4v) is 3.55. The van der Waals surface area contributed by atoms with Gasteiger partial charge in [0.25, 0.3) is 0 Å². The minimum Gasteiger partial charge on any atom is -0.507 e. The van der Waals surface area contributed by atoms with Gasteiger partial charge in [-0.2, -0.15) is 0 Å². The second kappa shape index (κ2) is 8.77. The molecular weight excluding hydrogens is 350 g/mol. The van der Waals surface area contributed by atoms with Crippen LogP contribution in [-0.4, -0.2) is 52.3 Å². The van der Waals surface area contributed by atoms with Crippen LogP contribution in [0.2, 0.25) is 0 Å². The SMILES string of the molecule is CC(C)(C)c1cc(C(=O)c2cccs2)cc(CN(CCO)CCO)c1O. The van der Waals surface area contributed by atoms with Crippen LogP contribution in [0, 0.1) is 0 Å². The first-order chi connectivity index (χ1) is 12.3. The van der Waals surface area contributed by atoms with Crippen LogP contribution in [0.4, 0.5) is 0 Å². The van der Waals surface area contributed by atoms with Crippen molar-refractivity contribution in [3.05, 3.63) is 51.2 Å². The van der Waals surface area contributed by atoms with E-state index in [1.807, 2.05) is 37.1 Å². The number of rotatable bonds is 8. The number of hydrogen-bond acceptors (Lipinski definition) is 6. The normalized spacial score (nSPS) is 11.9. The van der Waals surface area contributed by atoms with Crippen LogP contribution in [0.15, 0.2) is 29.6 Å². The summed E-state index contributed by atoms with van der Waals surface area (Å²) < 4.78 is 0. The van der Waals surface area contributed by atoms with Gasteiger partial charge in [0.05, 0.1) is 18.1 Å². The molecule has 0 saturated carbocycles. The number of phenolic OH excluding ortho intramolecular Hbond substituents is 1. The Balaban J connectivity index is 2.48. The highest BCUT2D eigenvalue weighted by molar-refractivity contribution is 7.12. The predicted octanol–water partition coefficient (Wildman–Crippen LogP) is 2.77. The molecular formula is C20H27NO4S. The number of phenols is 1. The zero-order valence-electron chi connectivity index (χ0n) is 15.5. The summed E-state index contributed by atoms with van der Waals surface area (Å²) in [6.07, 6.45) is 0. The van der Waals surface area contributed by atoms with E-state index >= 15 is 0 Å². The molecule has 1 heterocycles. The van der Waals surface area contributed by atoms with Crippen LogP contribution in [0.5, 0.6) is 5.75 Å². The highest BCUT2D eigenvalue weighted by Gasteiger charge is 2.24. The van der Waals surface area contributed by atoms with Crippen molar-refractivity contribution in [1.29, 1.82) is 0 Å². The van der Waals surface area contributed by atoms with Gasteiger partial charge in [0.2, 0.25) is 5.78 Å². The Kier molecular flexibility index (Phi) is 6.94. The van der Waals surface area contributed by atoms with E-state index in [0.29, 0.717) is 41.2 Å². The van der Waals surface area contributed by atoms with E-state index in [0.717, 1.165) is 0 Å². The molecule has 0 radical (unpaired) electrons. The first-order valence-electron chi connectivity index (χ1n) is 8.66. The summed E-state index contributed by atoms with van der Waals surface area (Å²) in [7, 11) is 0. The topological polar surface area (TPSA) is 81.0 Å². The van der Waals surface area contributed by atoms with Gasteiger partial charge >= 0.3 is 0 Å². The van der Waals surface area contributed by atoms with Gasteiger partial charge in [-0.3, -0.25) is 9.69 Å². The van der Waals surface area contributed by atoms with Gasteiger partial charge in [-0.05, 0) is 29.0 Å². The smallest absolute Gasteiger partial charge is 0.202 e. The van der Waals surface area contributed by atoms with Gasteiger partial charge < -0.3 is 15.3 Å². The van der Waals surface area contributed by atoms with E-state index in [2.05, 4.69) is 0 Å². The lowest BCUT2D eigenvalue weighted by Crippen LogP contribution is -2.29. The van der Waals surface area contributed by atoms with E-state index in [1.165, 1.54) is 11.3 Å². The van der Waals surface area contributed by atoms with Gasteiger partial charge in [0.1, 0.15) is 5.75 Å². The molecule has 0 spiro atoms. The van der Waals surface area contributed by atoms with Crippen molar-refractivity contribution in [3.63, 3.8) is 0 Å². The quantitative estimate of drug-likeness (QED) is 0.617. The first-order valence-corrected chi connectivity index (χ1v) is 9.54. The number of carbonyl (C=O) groups excluding carboxylic acids is 1. The van der Waals surface area contributed by atoms with Gasteiger partial charge in [-0.15, -0.1) is 11.3 Å². The fraction of sp³-hybridized carbons (Fsp3) is 0.450. The third-order valence-electron chi connectivity index (χ3n) is 4.23. The number of aliphatic hydroxyl groups is 2. The standard InChI is InChI=1S/C20H27NO4S/c1-20(2,3)16-12-14(19(25)17-5-4-10-26-17)11-15(18(16)24)13-21(6-8-22)7-9-23/h4-5,10-12,22-24H,6-9,13H2,1-3H3. The van der Waals surface area contributed by atoms with E-state index in [4.69, 9.17) is 0 Å². The van der Waals surface area contributed by atoms with Crippen molar-refractivity contribution >= 4 is 17.1 Å². The number of carbonyl (C=O) groups is 1. The zero-order chi connectivity index (χ0) is 19.3. The Morgan fingerprint density at radius 3 is 2.31 bits per heavy atom. The number of thiophene rings is 1. The van der Waals surface area contributed by atoms with Gasteiger partial charge in [-0.1, -0.05) is 26.8 Å². The number of nitrogens with zero attached hydrogens (tertiary/aromatic N) is 1. The largest absolute Gasteiger partial charge is 0.507 e. The molecule has 6 heteroatoms. The van der Waals surface area contributed by atoms with E-state index in [1.54, 1.807) is 18.2 Å². The highest BCUT2D eigenvalue weighted by atomic mass is 32.1. The molecule has 26 heavy (non-hydrogen) atoms. The van der Waals surface area contributed by atoms with Crippen molar-refractivity contribution in [2.75, 3.05) is 26.3 Å². The lowest BCUT2D eigenvalue weighted by Gasteiger charge is -2.26. The van der Waals surface area contributed by atoms with Crippen molar-refractivity contribution in [2.24, 2.45) is 0 Å². The van der Waals surface area contributed by atoms with Crippen molar-refractivity contribution in [2.45, 2.75) is 32.7 Å². The number of benzene rings is 1. The molecule has 5 nitrogen and oxygen atoms in total. The summed E-state index contributed by atoms with van der Waals surface area (Å²) in [4.78, 5) is 15.3. The molecule has 2 rings (SSSR count). The average Bonchev–Trinajstić information content (AvgIpc) is 3.10. The maximum Gasteiger partial charge on any atom is 0.202 e. The minimum absolute atomic E-state index is 0.0410. The van der Waals surface area contributed by atoms with Gasteiger partial charge in [0, 0.05) is 36.3 Å². The summed E-state index contributed by atoms with van der Waals surface area (Å²) in [6, 6.07) is 7.12. The number of ketones is 1. The van der Waals surface area contributed by atoms with E-state index in [9.17, 15) is 20.1 Å². The molecule has 1 aromatic heterocycles. The van der Waals surface area contributed by atoms with E-state index < -0.39 is 0 Å². The van der Waals surface area contributed by atoms with Crippen molar-refractivity contribution < 1.29 is 20.1 Å². The fourth-order valence-electron chi connectivity index (χ4n) is 2.86. The summed E-state index contributed by atoms with van der Waals surface area (Å²) in [5.74, 6) is 0.101. The summed E-state index contributed by atoms with van der Waals surface area (Å²) in [6.45, 7) is 7.00. The number of aliphatic hydroxyl groups excluding tert-OH is 2.